The van der Waals surface area contributed by atoms with Gasteiger partial charge in [-0.15, -0.1) is 0 Å². The standard InChI is InChI=1S/C26H25NO6/c1-16(2)15-33-20-10-4-7-17(13-20)24(28)22-23(21-11-6-12-32-21)27(26(30)25(22)29)18-8-5-9-19(14-18)31-3/h4-14,16,23,28H,15H2,1-3H3/b24-22-. The van der Waals surface area contributed by atoms with Gasteiger partial charge >= 0.3 is 0 Å². The number of carbonyl (C=O) groups excluding carboxylic acids is 2. The maximum Gasteiger partial charge on any atom is 0.300 e. The summed E-state index contributed by atoms with van der Waals surface area (Å²) < 4.78 is 16.6. The molecule has 1 N–H and O–H groups in total. The first kappa shape index (κ1) is 22.2. The molecule has 1 aliphatic heterocycles. The number of carbonyl (C=O) groups is 2. The molecule has 3 aromatic rings. The number of ether oxygens (including phenoxy) is 2. The summed E-state index contributed by atoms with van der Waals surface area (Å²) in [5.41, 5.74) is 0.765. The minimum absolute atomic E-state index is 0.0567. The summed E-state index contributed by atoms with van der Waals surface area (Å²) in [6, 6.07) is 16.0. The highest BCUT2D eigenvalue weighted by molar-refractivity contribution is 6.51. The summed E-state index contributed by atoms with van der Waals surface area (Å²) in [7, 11) is 1.52. The summed E-state index contributed by atoms with van der Waals surface area (Å²) in [5.74, 6) is -0.0918. The van der Waals surface area contributed by atoms with Crippen LogP contribution in [0.2, 0.25) is 0 Å². The fourth-order valence-electron chi connectivity index (χ4n) is 3.73. The third-order valence-electron chi connectivity index (χ3n) is 5.28. The van der Waals surface area contributed by atoms with Crippen LogP contribution >= 0.6 is 0 Å². The van der Waals surface area contributed by atoms with Crippen LogP contribution in [0.25, 0.3) is 5.76 Å². The van der Waals surface area contributed by atoms with Gasteiger partial charge in [-0.3, -0.25) is 14.5 Å². The number of anilines is 1. The number of aliphatic hydroxyl groups excluding tert-OH is 1. The number of ketones is 1. The Morgan fingerprint density at radius 3 is 2.52 bits per heavy atom. The maximum absolute atomic E-state index is 13.2. The van der Waals surface area contributed by atoms with Crippen LogP contribution in [-0.2, 0) is 9.59 Å². The Morgan fingerprint density at radius 1 is 1.06 bits per heavy atom. The largest absolute Gasteiger partial charge is 0.507 e. The Bertz CT molecular complexity index is 1200. The number of aliphatic hydroxyl groups is 1. The summed E-state index contributed by atoms with van der Waals surface area (Å²) in [6.07, 6.45) is 1.46. The lowest BCUT2D eigenvalue weighted by Crippen LogP contribution is -2.29. The number of amides is 1. The third kappa shape index (κ3) is 4.35. The fourth-order valence-corrected chi connectivity index (χ4v) is 3.73. The smallest absolute Gasteiger partial charge is 0.300 e. The topological polar surface area (TPSA) is 89.2 Å². The molecule has 33 heavy (non-hydrogen) atoms. The number of furan rings is 1. The van der Waals surface area contributed by atoms with E-state index in [4.69, 9.17) is 13.9 Å². The van der Waals surface area contributed by atoms with Crippen molar-refractivity contribution < 1.29 is 28.6 Å². The average molecular weight is 447 g/mol. The van der Waals surface area contributed by atoms with E-state index < -0.39 is 17.7 Å². The van der Waals surface area contributed by atoms with Gasteiger partial charge in [-0.05, 0) is 42.3 Å². The van der Waals surface area contributed by atoms with Gasteiger partial charge in [0, 0.05) is 17.3 Å². The highest BCUT2D eigenvalue weighted by Crippen LogP contribution is 2.43. The Morgan fingerprint density at radius 2 is 1.82 bits per heavy atom. The molecule has 0 bridgehead atoms. The first-order valence-corrected chi connectivity index (χ1v) is 10.6. The van der Waals surface area contributed by atoms with Crippen molar-refractivity contribution in [2.75, 3.05) is 18.6 Å². The van der Waals surface area contributed by atoms with Crippen molar-refractivity contribution in [2.24, 2.45) is 5.92 Å². The Hall–Kier alpha value is -4.00. The molecule has 1 atom stereocenters. The third-order valence-corrected chi connectivity index (χ3v) is 5.28. The van der Waals surface area contributed by atoms with Crippen molar-refractivity contribution >= 4 is 23.1 Å². The quantitative estimate of drug-likeness (QED) is 0.313. The number of benzene rings is 2. The maximum atomic E-state index is 13.2. The van der Waals surface area contributed by atoms with Gasteiger partial charge in [0.15, 0.2) is 0 Å². The Kier molecular flexibility index (Phi) is 6.22. The zero-order valence-electron chi connectivity index (χ0n) is 18.6. The highest BCUT2D eigenvalue weighted by Gasteiger charge is 2.48. The molecule has 1 saturated heterocycles. The van der Waals surface area contributed by atoms with Gasteiger partial charge in [-0.25, -0.2) is 0 Å². The van der Waals surface area contributed by atoms with E-state index in [1.165, 1.54) is 18.3 Å². The lowest BCUT2D eigenvalue weighted by molar-refractivity contribution is -0.132. The lowest BCUT2D eigenvalue weighted by Gasteiger charge is -2.23. The second-order valence-corrected chi connectivity index (χ2v) is 8.12. The molecule has 1 amide bonds. The van der Waals surface area contributed by atoms with Gasteiger partial charge in [0.1, 0.15) is 29.1 Å². The minimum atomic E-state index is -0.938. The van der Waals surface area contributed by atoms with E-state index in [1.54, 1.807) is 60.7 Å². The molecule has 2 aromatic carbocycles. The van der Waals surface area contributed by atoms with Crippen molar-refractivity contribution in [1.29, 1.82) is 0 Å². The second kappa shape index (κ2) is 9.24. The zero-order chi connectivity index (χ0) is 23.5. The Balaban J connectivity index is 1.83. The van der Waals surface area contributed by atoms with Crippen molar-refractivity contribution in [2.45, 2.75) is 19.9 Å². The molecule has 0 spiro atoms. The first-order valence-electron chi connectivity index (χ1n) is 10.6. The van der Waals surface area contributed by atoms with E-state index in [2.05, 4.69) is 0 Å². The molecular formula is C26H25NO6. The van der Waals surface area contributed by atoms with Gasteiger partial charge in [-0.2, -0.15) is 0 Å². The van der Waals surface area contributed by atoms with E-state index in [0.717, 1.165) is 0 Å². The van der Waals surface area contributed by atoms with Crippen molar-refractivity contribution in [1.82, 2.24) is 0 Å². The van der Waals surface area contributed by atoms with Crippen LogP contribution in [0.5, 0.6) is 11.5 Å². The first-order chi connectivity index (χ1) is 15.9. The predicted molar refractivity (Wildman–Crippen MR) is 123 cm³/mol. The molecule has 0 aliphatic carbocycles. The second-order valence-electron chi connectivity index (χ2n) is 8.12. The molecular weight excluding hydrogens is 422 g/mol. The summed E-state index contributed by atoms with van der Waals surface area (Å²) >= 11 is 0. The molecule has 7 nitrogen and oxygen atoms in total. The number of nitrogens with zero attached hydrogens (tertiary/aromatic N) is 1. The van der Waals surface area contributed by atoms with E-state index in [9.17, 15) is 14.7 Å². The number of hydrogen-bond acceptors (Lipinski definition) is 6. The molecule has 7 heteroatoms. The normalized spacial score (nSPS) is 17.6. The van der Waals surface area contributed by atoms with Crippen LogP contribution in [0.4, 0.5) is 5.69 Å². The van der Waals surface area contributed by atoms with Crippen LogP contribution in [-0.4, -0.2) is 30.5 Å². The zero-order valence-corrected chi connectivity index (χ0v) is 18.6. The van der Waals surface area contributed by atoms with Gasteiger partial charge in [0.25, 0.3) is 11.7 Å². The number of hydrogen-bond donors (Lipinski definition) is 1. The van der Waals surface area contributed by atoms with Gasteiger partial charge in [0.05, 0.1) is 25.6 Å². The average Bonchev–Trinajstić information content (AvgIpc) is 3.44. The molecule has 1 fully saturated rings. The summed E-state index contributed by atoms with van der Waals surface area (Å²) in [5, 5.41) is 11.2. The molecule has 4 rings (SSSR count). The van der Waals surface area contributed by atoms with E-state index >= 15 is 0 Å². The fraction of sp³-hybridized carbons (Fsp3) is 0.231. The van der Waals surface area contributed by atoms with Crippen LogP contribution < -0.4 is 14.4 Å². The van der Waals surface area contributed by atoms with Gasteiger partial charge in [0.2, 0.25) is 0 Å². The number of Topliss-reactive ketones (excluding diaryl/α,β-unsaturated/α-hetero) is 1. The Labute approximate surface area is 191 Å². The van der Waals surface area contributed by atoms with Crippen molar-refractivity contribution in [3.63, 3.8) is 0 Å². The molecule has 1 aliphatic rings. The molecule has 170 valence electrons. The molecule has 1 unspecified atom stereocenters. The monoisotopic (exact) mass is 447 g/mol. The van der Waals surface area contributed by atoms with Crippen LogP contribution in [0.15, 0.2) is 76.9 Å². The SMILES string of the molecule is COc1cccc(N2C(=O)C(=O)/C(=C(\O)c3cccc(OCC(C)C)c3)C2c2ccco2)c1. The highest BCUT2D eigenvalue weighted by atomic mass is 16.5. The summed E-state index contributed by atoms with van der Waals surface area (Å²) in [6.45, 7) is 4.58. The van der Waals surface area contributed by atoms with E-state index in [0.29, 0.717) is 41.0 Å². The number of rotatable bonds is 7. The van der Waals surface area contributed by atoms with Crippen molar-refractivity contribution in [3.05, 3.63) is 83.8 Å². The minimum Gasteiger partial charge on any atom is -0.507 e. The van der Waals surface area contributed by atoms with Crippen molar-refractivity contribution in [3.8, 4) is 11.5 Å². The number of methoxy groups -OCH3 is 1. The molecule has 2 heterocycles. The summed E-state index contributed by atoms with van der Waals surface area (Å²) in [4.78, 5) is 27.6. The van der Waals surface area contributed by atoms with Gasteiger partial charge < -0.3 is 19.0 Å². The van der Waals surface area contributed by atoms with Crippen LogP contribution in [0.1, 0.15) is 31.2 Å². The predicted octanol–water partition coefficient (Wildman–Crippen LogP) is 4.95. The van der Waals surface area contributed by atoms with E-state index in [1.807, 2.05) is 13.8 Å². The van der Waals surface area contributed by atoms with E-state index in [-0.39, 0.29) is 11.3 Å². The lowest BCUT2D eigenvalue weighted by atomic mass is 9.99. The van der Waals surface area contributed by atoms with Crippen LogP contribution in [0, 0.1) is 5.92 Å². The van der Waals surface area contributed by atoms with Gasteiger partial charge in [-0.1, -0.05) is 32.0 Å². The molecule has 0 saturated carbocycles. The van der Waals surface area contributed by atoms with Crippen LogP contribution in [0.3, 0.4) is 0 Å². The molecule has 1 aromatic heterocycles. The molecule has 0 radical (unpaired) electrons.